The van der Waals surface area contributed by atoms with E-state index in [9.17, 15) is 4.79 Å². The largest absolute Gasteiger partial charge is 0.461 e. The molecule has 0 aliphatic carbocycles. The summed E-state index contributed by atoms with van der Waals surface area (Å²) >= 11 is 3.02. The Kier molecular flexibility index (Phi) is 5.83. The minimum Gasteiger partial charge on any atom is -0.461 e. The number of amides is 1. The van der Waals surface area contributed by atoms with Gasteiger partial charge in [-0.25, -0.2) is 0 Å². The van der Waals surface area contributed by atoms with Gasteiger partial charge in [0.1, 0.15) is 0 Å². The number of hydrogen-bond donors (Lipinski definition) is 1. The maximum absolute atomic E-state index is 12.2. The highest BCUT2D eigenvalue weighted by Gasteiger charge is 2.16. The molecule has 8 heteroatoms. The number of aromatic nitrogens is 3. The molecule has 0 aliphatic heterocycles. The highest BCUT2D eigenvalue weighted by atomic mass is 32.2. The first kappa shape index (κ1) is 17.6. The molecule has 3 aromatic rings. The lowest BCUT2D eigenvalue weighted by molar-refractivity contribution is -0.113. The van der Waals surface area contributed by atoms with Gasteiger partial charge in [0, 0.05) is 17.1 Å². The number of thioether (sulfide) groups is 2. The highest BCUT2D eigenvalue weighted by molar-refractivity contribution is 7.99. The van der Waals surface area contributed by atoms with Gasteiger partial charge in [-0.15, -0.1) is 22.0 Å². The Morgan fingerprint density at radius 2 is 2.04 bits per heavy atom. The average molecular weight is 374 g/mol. The van der Waals surface area contributed by atoms with E-state index in [2.05, 4.69) is 15.5 Å². The fourth-order valence-electron chi connectivity index (χ4n) is 2.27. The van der Waals surface area contributed by atoms with Crippen LogP contribution in [0.4, 0.5) is 5.69 Å². The van der Waals surface area contributed by atoms with Crippen LogP contribution in [-0.4, -0.2) is 32.7 Å². The number of carbonyl (C=O) groups is 1. The fourth-order valence-corrected chi connectivity index (χ4v) is 3.48. The maximum Gasteiger partial charge on any atom is 0.234 e. The number of hydrogen-bond acceptors (Lipinski definition) is 6. The molecule has 0 bridgehead atoms. The van der Waals surface area contributed by atoms with Crippen LogP contribution >= 0.6 is 23.5 Å². The van der Waals surface area contributed by atoms with Gasteiger partial charge in [-0.05, 0) is 49.6 Å². The summed E-state index contributed by atoms with van der Waals surface area (Å²) in [6, 6.07) is 11.4. The molecular weight excluding hydrogens is 356 g/mol. The first-order chi connectivity index (χ1) is 12.2. The van der Waals surface area contributed by atoms with E-state index >= 15 is 0 Å². The number of anilines is 1. The SMILES string of the molecule is CCn1c(SCC(=O)Nc2ccc(SC)cc2)nnc1-c1ccco1. The minimum atomic E-state index is -0.0768. The maximum atomic E-state index is 12.2. The zero-order valence-corrected chi connectivity index (χ0v) is 15.6. The van der Waals surface area contributed by atoms with E-state index in [1.807, 2.05) is 54.1 Å². The summed E-state index contributed by atoms with van der Waals surface area (Å²) in [5.74, 6) is 1.52. The van der Waals surface area contributed by atoms with Crippen LogP contribution in [0.1, 0.15) is 6.92 Å². The number of rotatable bonds is 7. The topological polar surface area (TPSA) is 73.0 Å². The summed E-state index contributed by atoms with van der Waals surface area (Å²) in [4.78, 5) is 13.3. The van der Waals surface area contributed by atoms with Crippen molar-refractivity contribution < 1.29 is 9.21 Å². The third-order valence-electron chi connectivity index (χ3n) is 3.48. The average Bonchev–Trinajstić information content (AvgIpc) is 3.29. The minimum absolute atomic E-state index is 0.0768. The molecule has 0 saturated heterocycles. The van der Waals surface area contributed by atoms with Crippen LogP contribution in [0.15, 0.2) is 57.1 Å². The van der Waals surface area contributed by atoms with Gasteiger partial charge in [0.05, 0.1) is 12.0 Å². The van der Waals surface area contributed by atoms with Gasteiger partial charge in [0.25, 0.3) is 0 Å². The van der Waals surface area contributed by atoms with Crippen molar-refractivity contribution in [1.29, 1.82) is 0 Å². The van der Waals surface area contributed by atoms with Crippen LogP contribution in [0.25, 0.3) is 11.6 Å². The zero-order chi connectivity index (χ0) is 17.6. The lowest BCUT2D eigenvalue weighted by Gasteiger charge is -2.07. The molecule has 2 heterocycles. The smallest absolute Gasteiger partial charge is 0.234 e. The molecule has 25 heavy (non-hydrogen) atoms. The van der Waals surface area contributed by atoms with Gasteiger partial charge in [0.2, 0.25) is 5.91 Å². The zero-order valence-electron chi connectivity index (χ0n) is 13.9. The van der Waals surface area contributed by atoms with Gasteiger partial charge in [-0.3, -0.25) is 9.36 Å². The first-order valence-corrected chi connectivity index (χ1v) is 9.96. The van der Waals surface area contributed by atoms with E-state index in [0.717, 1.165) is 10.6 Å². The lowest BCUT2D eigenvalue weighted by Crippen LogP contribution is -2.14. The third-order valence-corrected chi connectivity index (χ3v) is 5.19. The van der Waals surface area contributed by atoms with Gasteiger partial charge >= 0.3 is 0 Å². The van der Waals surface area contributed by atoms with Crippen molar-refractivity contribution in [3.05, 3.63) is 42.7 Å². The van der Waals surface area contributed by atoms with Crippen molar-refractivity contribution in [2.75, 3.05) is 17.3 Å². The number of benzene rings is 1. The number of nitrogens with zero attached hydrogens (tertiary/aromatic N) is 3. The Bertz CT molecular complexity index is 829. The molecule has 1 amide bonds. The number of furan rings is 1. The third kappa shape index (κ3) is 4.26. The van der Waals surface area contributed by atoms with Crippen LogP contribution in [0, 0.1) is 0 Å². The van der Waals surface area contributed by atoms with Crippen LogP contribution < -0.4 is 5.32 Å². The first-order valence-electron chi connectivity index (χ1n) is 7.75. The second-order valence-electron chi connectivity index (χ2n) is 5.09. The number of carbonyl (C=O) groups excluding carboxylic acids is 1. The fraction of sp³-hybridized carbons (Fsp3) is 0.235. The van der Waals surface area contributed by atoms with E-state index in [4.69, 9.17) is 4.42 Å². The summed E-state index contributed by atoms with van der Waals surface area (Å²) in [6.45, 7) is 2.70. The molecule has 0 radical (unpaired) electrons. The van der Waals surface area contributed by atoms with Crippen molar-refractivity contribution in [2.24, 2.45) is 0 Å². The molecule has 0 unspecified atom stereocenters. The number of nitrogens with one attached hydrogen (secondary N) is 1. The molecule has 0 spiro atoms. The van der Waals surface area contributed by atoms with Crippen molar-refractivity contribution in [1.82, 2.24) is 14.8 Å². The van der Waals surface area contributed by atoms with Crippen LogP contribution in [0.3, 0.4) is 0 Å². The second-order valence-corrected chi connectivity index (χ2v) is 6.92. The summed E-state index contributed by atoms with van der Waals surface area (Å²) in [7, 11) is 0. The van der Waals surface area contributed by atoms with Crippen LogP contribution in [0.5, 0.6) is 0 Å². The molecule has 1 aromatic carbocycles. The van der Waals surface area contributed by atoms with E-state index in [0.29, 0.717) is 23.3 Å². The van der Waals surface area contributed by atoms with Gasteiger partial charge in [0.15, 0.2) is 16.7 Å². The Morgan fingerprint density at radius 1 is 1.24 bits per heavy atom. The van der Waals surface area contributed by atoms with Crippen LogP contribution in [-0.2, 0) is 11.3 Å². The standard InChI is InChI=1S/C17H18N4O2S2/c1-3-21-16(14-5-4-10-23-14)19-20-17(21)25-11-15(22)18-12-6-8-13(24-2)9-7-12/h4-10H,3,11H2,1-2H3,(H,18,22). The Morgan fingerprint density at radius 3 is 2.68 bits per heavy atom. The predicted molar refractivity (Wildman–Crippen MR) is 101 cm³/mol. The summed E-state index contributed by atoms with van der Waals surface area (Å²) in [5.41, 5.74) is 0.789. The molecule has 6 nitrogen and oxygen atoms in total. The van der Waals surface area contributed by atoms with Crippen LogP contribution in [0.2, 0.25) is 0 Å². The van der Waals surface area contributed by atoms with E-state index < -0.39 is 0 Å². The van der Waals surface area contributed by atoms with Crippen molar-refractivity contribution in [3.63, 3.8) is 0 Å². The monoisotopic (exact) mass is 374 g/mol. The lowest BCUT2D eigenvalue weighted by atomic mass is 10.3. The van der Waals surface area contributed by atoms with Gasteiger partial charge in [-0.1, -0.05) is 11.8 Å². The summed E-state index contributed by atoms with van der Waals surface area (Å²) in [5, 5.41) is 11.9. The summed E-state index contributed by atoms with van der Waals surface area (Å²) < 4.78 is 7.32. The van der Waals surface area contributed by atoms with Crippen molar-refractivity contribution >= 4 is 35.1 Å². The molecule has 0 saturated carbocycles. The molecule has 130 valence electrons. The highest BCUT2D eigenvalue weighted by Crippen LogP contribution is 2.24. The molecule has 0 aliphatic rings. The van der Waals surface area contributed by atoms with Gasteiger partial charge < -0.3 is 9.73 Å². The predicted octanol–water partition coefficient (Wildman–Crippen LogP) is 4.01. The van der Waals surface area contributed by atoms with E-state index in [1.54, 1.807) is 18.0 Å². The van der Waals surface area contributed by atoms with Crippen molar-refractivity contribution in [2.45, 2.75) is 23.5 Å². The van der Waals surface area contributed by atoms with Gasteiger partial charge in [-0.2, -0.15) is 0 Å². The molecule has 2 aromatic heterocycles. The quantitative estimate of drug-likeness (QED) is 0.630. The van der Waals surface area contributed by atoms with E-state index in [1.165, 1.54) is 11.8 Å². The molecule has 1 N–H and O–H groups in total. The Hall–Kier alpha value is -2.19. The molecule has 0 fully saturated rings. The molecular formula is C17H18N4O2S2. The Labute approximate surface area is 154 Å². The summed E-state index contributed by atoms with van der Waals surface area (Å²) in [6.07, 6.45) is 3.62. The molecule has 3 rings (SSSR count). The molecule has 0 atom stereocenters. The Balaban J connectivity index is 1.62. The van der Waals surface area contributed by atoms with Crippen molar-refractivity contribution in [3.8, 4) is 11.6 Å². The normalized spacial score (nSPS) is 10.8. The second kappa shape index (κ2) is 8.26. The van der Waals surface area contributed by atoms with E-state index in [-0.39, 0.29) is 11.7 Å².